The maximum atomic E-state index is 12.5. The first-order valence-electron chi connectivity index (χ1n) is 3.79. The molecule has 0 aromatic carbocycles. The second-order valence-corrected chi connectivity index (χ2v) is 3.44. The van der Waals surface area contributed by atoms with Gasteiger partial charge < -0.3 is 15.8 Å². The minimum atomic E-state index is -2.89. The average Bonchev–Trinajstić information content (AvgIpc) is 2.16. The van der Waals surface area contributed by atoms with Gasteiger partial charge in [0, 0.05) is 16.6 Å². The number of nitrogens with zero attached hydrogens (tertiary/aromatic N) is 2. The molecule has 15 heavy (non-hydrogen) atoms. The van der Waals surface area contributed by atoms with E-state index in [1.807, 2.05) is 0 Å². The first-order chi connectivity index (χ1) is 6.97. The molecule has 0 radical (unpaired) electrons. The van der Waals surface area contributed by atoms with Crippen LogP contribution >= 0.6 is 15.9 Å². The smallest absolute Gasteiger partial charge is 0.358 e. The highest BCUT2D eigenvalue weighted by Gasteiger charge is 2.25. The van der Waals surface area contributed by atoms with E-state index in [9.17, 15) is 18.9 Å². The minimum Gasteiger partial charge on any atom is -0.358 e. The third kappa shape index (κ3) is 2.45. The van der Waals surface area contributed by atoms with Crippen LogP contribution < -0.4 is 5.73 Å². The van der Waals surface area contributed by atoms with Crippen LogP contribution in [0.15, 0.2) is 10.5 Å². The predicted molar refractivity (Wildman–Crippen MR) is 51.4 cm³/mol. The van der Waals surface area contributed by atoms with Crippen LogP contribution in [-0.2, 0) is 6.54 Å². The first kappa shape index (κ1) is 11.9. The molecule has 8 heteroatoms. The maximum Gasteiger partial charge on any atom is 0.365 e. The molecule has 0 spiro atoms. The van der Waals surface area contributed by atoms with Crippen molar-refractivity contribution < 1.29 is 13.7 Å². The lowest BCUT2D eigenvalue weighted by molar-refractivity contribution is -0.389. The number of alkyl halides is 2. The molecule has 0 fully saturated rings. The molecule has 1 heterocycles. The molecule has 0 bridgehead atoms. The highest BCUT2D eigenvalue weighted by Crippen LogP contribution is 2.29. The SMILES string of the molecule is NCc1c(Br)cc([N+](=O)[O-])nc1C(F)F. The third-order valence-corrected chi connectivity index (χ3v) is 2.39. The Hall–Kier alpha value is -1.15. The molecular formula is C7H6BrF2N3O2. The van der Waals surface area contributed by atoms with Crippen LogP contribution in [0.4, 0.5) is 14.6 Å². The first-order valence-corrected chi connectivity index (χ1v) is 4.58. The number of rotatable bonds is 3. The Morgan fingerprint density at radius 1 is 1.67 bits per heavy atom. The van der Waals surface area contributed by atoms with Crippen molar-refractivity contribution in [2.24, 2.45) is 5.73 Å². The Bertz CT molecular complexity index is 400. The van der Waals surface area contributed by atoms with E-state index >= 15 is 0 Å². The van der Waals surface area contributed by atoms with Gasteiger partial charge in [0.1, 0.15) is 0 Å². The molecule has 0 aliphatic carbocycles. The van der Waals surface area contributed by atoms with Crippen LogP contribution in [0.25, 0.3) is 0 Å². The van der Waals surface area contributed by atoms with Crippen molar-refractivity contribution >= 4 is 21.7 Å². The Labute approximate surface area is 91.6 Å². The van der Waals surface area contributed by atoms with Gasteiger partial charge in [-0.05, 0) is 25.8 Å². The summed E-state index contributed by atoms with van der Waals surface area (Å²) in [5, 5.41) is 10.4. The summed E-state index contributed by atoms with van der Waals surface area (Å²) in [5.74, 6) is -0.630. The summed E-state index contributed by atoms with van der Waals surface area (Å²) in [5.41, 5.74) is 4.67. The van der Waals surface area contributed by atoms with Crippen molar-refractivity contribution in [2.75, 3.05) is 0 Å². The van der Waals surface area contributed by atoms with E-state index < -0.39 is 22.9 Å². The van der Waals surface area contributed by atoms with Crippen LogP contribution in [0.5, 0.6) is 0 Å². The number of aromatic nitrogens is 1. The number of halogens is 3. The monoisotopic (exact) mass is 281 g/mol. The second-order valence-electron chi connectivity index (χ2n) is 2.59. The average molecular weight is 282 g/mol. The van der Waals surface area contributed by atoms with E-state index in [1.54, 1.807) is 0 Å². The molecule has 0 atom stereocenters. The summed E-state index contributed by atoms with van der Waals surface area (Å²) in [7, 11) is 0. The highest BCUT2D eigenvalue weighted by atomic mass is 79.9. The molecule has 1 aromatic heterocycles. The number of nitrogens with two attached hydrogens (primary N) is 1. The minimum absolute atomic E-state index is 0.0793. The summed E-state index contributed by atoms with van der Waals surface area (Å²) >= 11 is 2.94. The Morgan fingerprint density at radius 2 is 2.27 bits per heavy atom. The molecule has 0 unspecified atom stereocenters. The fourth-order valence-electron chi connectivity index (χ4n) is 1.02. The van der Waals surface area contributed by atoms with Crippen molar-refractivity contribution in [3.8, 4) is 0 Å². The molecule has 0 aliphatic heterocycles. The van der Waals surface area contributed by atoms with Gasteiger partial charge in [-0.3, -0.25) is 0 Å². The Morgan fingerprint density at radius 3 is 2.67 bits per heavy atom. The van der Waals surface area contributed by atoms with Crippen molar-refractivity contribution in [3.05, 3.63) is 31.9 Å². The molecule has 0 amide bonds. The predicted octanol–water partition coefficient (Wildman–Crippen LogP) is 2.15. The zero-order chi connectivity index (χ0) is 11.6. The van der Waals surface area contributed by atoms with Crippen molar-refractivity contribution in [1.29, 1.82) is 0 Å². The third-order valence-electron chi connectivity index (χ3n) is 1.69. The zero-order valence-corrected chi connectivity index (χ0v) is 8.87. The summed E-state index contributed by atoms with van der Waals surface area (Å²) in [6.07, 6.45) is -2.89. The van der Waals surface area contributed by atoms with Crippen molar-refractivity contribution in [3.63, 3.8) is 0 Å². The van der Waals surface area contributed by atoms with Gasteiger partial charge >= 0.3 is 12.2 Å². The molecule has 1 aromatic rings. The largest absolute Gasteiger partial charge is 0.365 e. The lowest BCUT2D eigenvalue weighted by Gasteiger charge is -2.04. The molecule has 0 saturated carbocycles. The Kier molecular flexibility index (Phi) is 3.64. The van der Waals surface area contributed by atoms with Gasteiger partial charge in [-0.1, -0.05) is 0 Å². The second kappa shape index (κ2) is 4.58. The van der Waals surface area contributed by atoms with E-state index in [0.29, 0.717) is 0 Å². The van der Waals surface area contributed by atoms with Crippen molar-refractivity contribution in [1.82, 2.24) is 4.98 Å². The fourth-order valence-corrected chi connectivity index (χ4v) is 1.59. The molecule has 0 aliphatic rings. The molecule has 2 N–H and O–H groups in total. The summed E-state index contributed by atoms with van der Waals surface area (Å²) in [4.78, 5) is 12.8. The Balaban J connectivity index is 3.38. The van der Waals surface area contributed by atoms with Crippen LogP contribution in [0.1, 0.15) is 17.7 Å². The van der Waals surface area contributed by atoms with Gasteiger partial charge in [0.2, 0.25) is 5.69 Å². The summed E-state index contributed by atoms with van der Waals surface area (Å²) in [6.45, 7) is -0.161. The van der Waals surface area contributed by atoms with Gasteiger partial charge in [0.05, 0.1) is 6.07 Å². The van der Waals surface area contributed by atoms with Crippen LogP contribution in [-0.4, -0.2) is 9.91 Å². The fraction of sp³-hybridized carbons (Fsp3) is 0.286. The lowest BCUT2D eigenvalue weighted by Crippen LogP contribution is -2.07. The number of hydrogen-bond acceptors (Lipinski definition) is 4. The van der Waals surface area contributed by atoms with E-state index in [4.69, 9.17) is 5.73 Å². The molecule has 0 saturated heterocycles. The molecule has 5 nitrogen and oxygen atoms in total. The van der Waals surface area contributed by atoms with E-state index in [2.05, 4.69) is 20.9 Å². The van der Waals surface area contributed by atoms with Crippen LogP contribution in [0, 0.1) is 10.1 Å². The normalized spacial score (nSPS) is 10.7. The topological polar surface area (TPSA) is 82.0 Å². The zero-order valence-electron chi connectivity index (χ0n) is 7.28. The maximum absolute atomic E-state index is 12.5. The number of nitro groups is 1. The highest BCUT2D eigenvalue weighted by molar-refractivity contribution is 9.10. The van der Waals surface area contributed by atoms with Gasteiger partial charge in [0.25, 0.3) is 0 Å². The van der Waals surface area contributed by atoms with E-state index in [1.165, 1.54) is 0 Å². The van der Waals surface area contributed by atoms with Crippen LogP contribution in [0.3, 0.4) is 0 Å². The van der Waals surface area contributed by atoms with Crippen molar-refractivity contribution in [2.45, 2.75) is 13.0 Å². The van der Waals surface area contributed by atoms with E-state index in [-0.39, 0.29) is 16.6 Å². The summed E-state index contributed by atoms with van der Waals surface area (Å²) in [6, 6.07) is 1.05. The molecule has 82 valence electrons. The molecule has 1 rings (SSSR count). The van der Waals surface area contributed by atoms with E-state index in [0.717, 1.165) is 6.07 Å². The van der Waals surface area contributed by atoms with Gasteiger partial charge in [-0.25, -0.2) is 8.78 Å². The quantitative estimate of drug-likeness (QED) is 0.680. The summed E-state index contributed by atoms with van der Waals surface area (Å²) < 4.78 is 25.1. The molecular weight excluding hydrogens is 276 g/mol. The van der Waals surface area contributed by atoms with Gasteiger partial charge in [-0.2, -0.15) is 0 Å². The van der Waals surface area contributed by atoms with Gasteiger partial charge in [-0.15, -0.1) is 0 Å². The standard InChI is InChI=1S/C7H6BrF2N3O2/c8-4-1-5(13(14)15)12-6(7(9)10)3(4)2-11/h1,7H,2,11H2. The van der Waals surface area contributed by atoms with Gasteiger partial charge in [0.15, 0.2) is 0 Å². The lowest BCUT2D eigenvalue weighted by atomic mass is 10.2. The number of pyridine rings is 1. The number of hydrogen-bond donors (Lipinski definition) is 1. The van der Waals surface area contributed by atoms with Crippen LogP contribution in [0.2, 0.25) is 0 Å².